The van der Waals surface area contributed by atoms with Crippen LogP contribution in [0.2, 0.25) is 0 Å². The molecule has 3 N–H and O–H groups in total. The lowest BCUT2D eigenvalue weighted by atomic mass is 9.84. The van der Waals surface area contributed by atoms with E-state index >= 15 is 0 Å². The van der Waals surface area contributed by atoms with E-state index in [0.29, 0.717) is 24.9 Å². The Morgan fingerprint density at radius 3 is 2.29 bits per heavy atom. The predicted octanol–water partition coefficient (Wildman–Crippen LogP) is 2.63. The van der Waals surface area contributed by atoms with Gasteiger partial charge < -0.3 is 11.1 Å². The van der Waals surface area contributed by atoms with Gasteiger partial charge in [-0.3, -0.25) is 4.79 Å². The van der Waals surface area contributed by atoms with Crippen molar-refractivity contribution in [3.63, 3.8) is 0 Å². The minimum absolute atomic E-state index is 0.0209. The number of nitrogens with one attached hydrogen (secondary N) is 1. The van der Waals surface area contributed by atoms with Crippen molar-refractivity contribution in [2.75, 3.05) is 13.1 Å². The molecule has 0 aromatic heterocycles. The minimum atomic E-state index is -0.608. The van der Waals surface area contributed by atoms with Gasteiger partial charge in [-0.2, -0.15) is 0 Å². The van der Waals surface area contributed by atoms with Gasteiger partial charge in [-0.1, -0.05) is 20.8 Å². The van der Waals surface area contributed by atoms with E-state index in [9.17, 15) is 13.6 Å². The lowest BCUT2D eigenvalue weighted by Gasteiger charge is -2.24. The monoisotopic (exact) mass is 298 g/mol. The van der Waals surface area contributed by atoms with Crippen molar-refractivity contribution in [2.24, 2.45) is 17.1 Å². The second-order valence-electron chi connectivity index (χ2n) is 6.52. The molecule has 0 spiro atoms. The molecule has 1 aromatic carbocycles. The first kappa shape index (κ1) is 17.6. The Kier molecular flexibility index (Phi) is 6.27. The summed E-state index contributed by atoms with van der Waals surface area (Å²) in [6.45, 7) is 6.79. The molecule has 3 nitrogen and oxygen atoms in total. The molecule has 1 rings (SSSR count). The predicted molar refractivity (Wildman–Crippen MR) is 79.7 cm³/mol. The number of hydrogen-bond donors (Lipinski definition) is 2. The van der Waals surface area contributed by atoms with Gasteiger partial charge in [0.25, 0.3) is 0 Å². The van der Waals surface area contributed by atoms with Crippen LogP contribution in [0.15, 0.2) is 18.2 Å². The summed E-state index contributed by atoms with van der Waals surface area (Å²) in [5.41, 5.74) is 6.19. The highest BCUT2D eigenvalue weighted by Crippen LogP contribution is 2.23. The molecule has 118 valence electrons. The first-order valence-corrected chi connectivity index (χ1v) is 7.14. The zero-order chi connectivity index (χ0) is 16.0. The van der Waals surface area contributed by atoms with Crippen molar-refractivity contribution >= 4 is 5.91 Å². The fraction of sp³-hybridized carbons (Fsp3) is 0.562. The molecule has 1 aromatic rings. The third-order valence-corrected chi connectivity index (χ3v) is 3.15. The number of carbonyl (C=O) groups is 1. The van der Waals surface area contributed by atoms with Crippen LogP contribution in [-0.2, 0) is 11.2 Å². The smallest absolute Gasteiger partial charge is 0.224 e. The van der Waals surface area contributed by atoms with E-state index in [1.54, 1.807) is 0 Å². The second-order valence-corrected chi connectivity index (χ2v) is 6.52. The molecule has 5 heteroatoms. The Balaban J connectivity index is 2.48. The maximum absolute atomic E-state index is 13.0. The van der Waals surface area contributed by atoms with Gasteiger partial charge in [-0.05, 0) is 36.0 Å². The molecule has 0 aliphatic carbocycles. The van der Waals surface area contributed by atoms with Crippen LogP contribution in [0.5, 0.6) is 0 Å². The SMILES string of the molecule is CC(C)(C)CC(CN)C(=O)NCCc1cc(F)cc(F)c1. The zero-order valence-corrected chi connectivity index (χ0v) is 12.9. The van der Waals surface area contributed by atoms with E-state index in [1.165, 1.54) is 12.1 Å². The van der Waals surface area contributed by atoms with Gasteiger partial charge in [0.1, 0.15) is 11.6 Å². The summed E-state index contributed by atoms with van der Waals surface area (Å²) in [7, 11) is 0. The van der Waals surface area contributed by atoms with Crippen LogP contribution in [0.1, 0.15) is 32.8 Å². The van der Waals surface area contributed by atoms with Gasteiger partial charge in [-0.15, -0.1) is 0 Å². The summed E-state index contributed by atoms with van der Waals surface area (Å²) in [5, 5.41) is 2.78. The molecular formula is C16H24F2N2O. The van der Waals surface area contributed by atoms with Gasteiger partial charge in [0.15, 0.2) is 0 Å². The third kappa shape index (κ3) is 6.67. The molecule has 0 radical (unpaired) electrons. The number of benzene rings is 1. The van der Waals surface area contributed by atoms with Crippen LogP contribution in [0, 0.1) is 23.0 Å². The average Bonchev–Trinajstić information content (AvgIpc) is 2.33. The standard InChI is InChI=1S/C16H24F2N2O/c1-16(2,3)9-12(10-19)15(21)20-5-4-11-6-13(17)8-14(18)7-11/h6-8,12H,4-5,9-10,19H2,1-3H3,(H,20,21). The van der Waals surface area contributed by atoms with Crippen LogP contribution in [-0.4, -0.2) is 19.0 Å². The molecule has 0 fully saturated rings. The Morgan fingerprint density at radius 1 is 1.24 bits per heavy atom. The first-order chi connectivity index (χ1) is 9.71. The largest absolute Gasteiger partial charge is 0.355 e. The Hall–Kier alpha value is -1.49. The molecule has 0 saturated carbocycles. The van der Waals surface area contributed by atoms with Gasteiger partial charge in [0.2, 0.25) is 5.91 Å². The van der Waals surface area contributed by atoms with E-state index in [0.717, 1.165) is 6.07 Å². The highest BCUT2D eigenvalue weighted by Gasteiger charge is 2.23. The molecule has 0 saturated heterocycles. The van der Waals surface area contributed by atoms with Crippen molar-refractivity contribution in [1.29, 1.82) is 0 Å². The van der Waals surface area contributed by atoms with Crippen LogP contribution >= 0.6 is 0 Å². The Bertz CT molecular complexity index is 463. The fourth-order valence-electron chi connectivity index (χ4n) is 2.25. The van der Waals surface area contributed by atoms with Gasteiger partial charge in [0.05, 0.1) is 5.92 Å². The van der Waals surface area contributed by atoms with Crippen LogP contribution < -0.4 is 11.1 Å². The molecule has 21 heavy (non-hydrogen) atoms. The second kappa shape index (κ2) is 7.50. The maximum Gasteiger partial charge on any atom is 0.224 e. The molecular weight excluding hydrogens is 274 g/mol. The number of amides is 1. The quantitative estimate of drug-likeness (QED) is 0.848. The van der Waals surface area contributed by atoms with E-state index in [-0.39, 0.29) is 23.8 Å². The van der Waals surface area contributed by atoms with Crippen molar-refractivity contribution in [3.8, 4) is 0 Å². The number of carbonyl (C=O) groups excluding carboxylic acids is 1. The molecule has 1 atom stereocenters. The Morgan fingerprint density at radius 2 is 1.81 bits per heavy atom. The summed E-state index contributed by atoms with van der Waals surface area (Å²) in [5.74, 6) is -1.56. The number of rotatable bonds is 6. The average molecular weight is 298 g/mol. The molecule has 1 amide bonds. The lowest BCUT2D eigenvalue weighted by Crippen LogP contribution is -2.38. The summed E-state index contributed by atoms with van der Waals surface area (Å²) in [4.78, 5) is 12.0. The van der Waals surface area contributed by atoms with E-state index < -0.39 is 11.6 Å². The van der Waals surface area contributed by atoms with Crippen LogP contribution in [0.4, 0.5) is 8.78 Å². The van der Waals surface area contributed by atoms with Gasteiger partial charge >= 0.3 is 0 Å². The first-order valence-electron chi connectivity index (χ1n) is 7.14. The molecule has 0 bridgehead atoms. The van der Waals surface area contributed by atoms with Crippen molar-refractivity contribution in [2.45, 2.75) is 33.6 Å². The van der Waals surface area contributed by atoms with Crippen molar-refractivity contribution < 1.29 is 13.6 Å². The number of halogens is 2. The summed E-state index contributed by atoms with van der Waals surface area (Å²) in [6, 6.07) is 3.37. The van der Waals surface area contributed by atoms with E-state index in [4.69, 9.17) is 5.73 Å². The van der Waals surface area contributed by atoms with Gasteiger partial charge in [-0.25, -0.2) is 8.78 Å². The summed E-state index contributed by atoms with van der Waals surface area (Å²) < 4.78 is 26.1. The molecule has 0 aliphatic heterocycles. The minimum Gasteiger partial charge on any atom is -0.355 e. The van der Waals surface area contributed by atoms with E-state index in [2.05, 4.69) is 26.1 Å². The maximum atomic E-state index is 13.0. The van der Waals surface area contributed by atoms with Crippen LogP contribution in [0.25, 0.3) is 0 Å². The van der Waals surface area contributed by atoms with Crippen molar-refractivity contribution in [3.05, 3.63) is 35.4 Å². The third-order valence-electron chi connectivity index (χ3n) is 3.15. The fourth-order valence-corrected chi connectivity index (χ4v) is 2.25. The molecule has 1 unspecified atom stereocenters. The highest BCUT2D eigenvalue weighted by atomic mass is 19.1. The van der Waals surface area contributed by atoms with Crippen molar-refractivity contribution in [1.82, 2.24) is 5.32 Å². The van der Waals surface area contributed by atoms with E-state index in [1.807, 2.05) is 0 Å². The number of hydrogen-bond acceptors (Lipinski definition) is 2. The topological polar surface area (TPSA) is 55.1 Å². The van der Waals surface area contributed by atoms with Gasteiger partial charge in [0, 0.05) is 19.2 Å². The normalized spacial score (nSPS) is 13.0. The summed E-state index contributed by atoms with van der Waals surface area (Å²) in [6.07, 6.45) is 1.08. The molecule has 0 heterocycles. The summed E-state index contributed by atoms with van der Waals surface area (Å²) >= 11 is 0. The van der Waals surface area contributed by atoms with Crippen LogP contribution in [0.3, 0.4) is 0 Å². The lowest BCUT2D eigenvalue weighted by molar-refractivity contribution is -0.125. The Labute approximate surface area is 124 Å². The number of nitrogens with two attached hydrogens (primary N) is 1. The highest BCUT2D eigenvalue weighted by molar-refractivity contribution is 5.78. The molecule has 0 aliphatic rings. The zero-order valence-electron chi connectivity index (χ0n) is 12.9.